The van der Waals surface area contributed by atoms with E-state index in [1.54, 1.807) is 12.0 Å². The summed E-state index contributed by atoms with van der Waals surface area (Å²) >= 11 is 1.25. The molecule has 0 aromatic carbocycles. The molecule has 0 unspecified atom stereocenters. The summed E-state index contributed by atoms with van der Waals surface area (Å²) in [5.41, 5.74) is 0. The monoisotopic (exact) mass is 334 g/mol. The minimum absolute atomic E-state index is 0.0371. The summed E-state index contributed by atoms with van der Waals surface area (Å²) in [5.74, 6) is 0.254. The van der Waals surface area contributed by atoms with Gasteiger partial charge in [0.05, 0.1) is 23.9 Å². The second kappa shape index (κ2) is 7.23. The number of rotatable bonds is 7. The van der Waals surface area contributed by atoms with E-state index >= 15 is 0 Å². The van der Waals surface area contributed by atoms with Crippen LogP contribution in [0.4, 0.5) is 0 Å². The molecule has 0 bridgehead atoms. The lowest BCUT2D eigenvalue weighted by Crippen LogP contribution is -2.44. The number of thioether (sulfide) groups is 1. The number of aromatic nitrogens is 3. The normalized spacial score (nSPS) is 20.5. The maximum absolute atomic E-state index is 12.3. The first-order valence-corrected chi connectivity index (χ1v) is 9.29. The average molecular weight is 334 g/mol. The fourth-order valence-electron chi connectivity index (χ4n) is 2.20. The maximum Gasteiger partial charge on any atom is 0.233 e. The van der Waals surface area contributed by atoms with Crippen LogP contribution in [0.15, 0.2) is 11.5 Å². The average Bonchev–Trinajstić information content (AvgIpc) is 3.06. The Hall–Kier alpha value is -1.13. The molecular formula is C11H18N4O4S2. The van der Waals surface area contributed by atoms with Gasteiger partial charge >= 0.3 is 0 Å². The van der Waals surface area contributed by atoms with Crippen LogP contribution < -0.4 is 0 Å². The molecule has 21 heavy (non-hydrogen) atoms. The van der Waals surface area contributed by atoms with E-state index in [2.05, 4.69) is 15.2 Å². The van der Waals surface area contributed by atoms with Crippen molar-refractivity contribution >= 4 is 27.5 Å². The molecule has 1 atom stereocenters. The van der Waals surface area contributed by atoms with E-state index in [9.17, 15) is 13.2 Å². The third kappa shape index (κ3) is 4.68. The molecule has 0 radical (unpaired) electrons. The largest absolute Gasteiger partial charge is 0.383 e. The van der Waals surface area contributed by atoms with Crippen LogP contribution in [0.3, 0.4) is 0 Å². The van der Waals surface area contributed by atoms with Gasteiger partial charge in [-0.3, -0.25) is 9.89 Å². The molecule has 1 amide bonds. The molecule has 1 aliphatic rings. The standard InChI is InChI=1S/C11H18N4O4S2/c1-19-4-3-15(9-2-5-21(17,18)7-9)10(16)6-20-11-12-8-13-14-11/h8-9H,2-7H2,1H3,(H,12,13,14)/t9-/m0/s1. The van der Waals surface area contributed by atoms with Gasteiger partial charge in [-0.15, -0.1) is 0 Å². The third-order valence-electron chi connectivity index (χ3n) is 3.23. The Morgan fingerprint density at radius 1 is 1.62 bits per heavy atom. The first-order valence-electron chi connectivity index (χ1n) is 6.49. The first-order chi connectivity index (χ1) is 10.0. The van der Waals surface area contributed by atoms with E-state index in [1.807, 2.05) is 0 Å². The van der Waals surface area contributed by atoms with Crippen molar-refractivity contribution in [1.82, 2.24) is 20.1 Å². The van der Waals surface area contributed by atoms with Gasteiger partial charge in [0.25, 0.3) is 0 Å². The van der Waals surface area contributed by atoms with Gasteiger partial charge in [0, 0.05) is 19.7 Å². The topological polar surface area (TPSA) is 105 Å². The van der Waals surface area contributed by atoms with E-state index < -0.39 is 9.84 Å². The van der Waals surface area contributed by atoms with Gasteiger partial charge in [0.2, 0.25) is 5.91 Å². The lowest BCUT2D eigenvalue weighted by Gasteiger charge is -2.27. The van der Waals surface area contributed by atoms with Gasteiger partial charge in [0.1, 0.15) is 6.33 Å². The van der Waals surface area contributed by atoms with Crippen LogP contribution in [0.25, 0.3) is 0 Å². The van der Waals surface area contributed by atoms with Crippen LogP contribution in [0.5, 0.6) is 0 Å². The van der Waals surface area contributed by atoms with E-state index in [0.29, 0.717) is 24.7 Å². The quantitative estimate of drug-likeness (QED) is 0.674. The number of aromatic amines is 1. The predicted octanol–water partition coefficient (Wildman–Crippen LogP) is -0.441. The van der Waals surface area contributed by atoms with E-state index in [4.69, 9.17) is 4.74 Å². The first kappa shape index (κ1) is 16.2. The van der Waals surface area contributed by atoms with Crippen LogP contribution in [-0.4, -0.2) is 78.0 Å². The van der Waals surface area contributed by atoms with Crippen LogP contribution in [-0.2, 0) is 19.4 Å². The molecule has 2 heterocycles. The number of sulfone groups is 1. The van der Waals surface area contributed by atoms with Crippen molar-refractivity contribution in [1.29, 1.82) is 0 Å². The zero-order valence-electron chi connectivity index (χ0n) is 11.7. The fraction of sp³-hybridized carbons (Fsp3) is 0.727. The molecule has 118 valence electrons. The molecule has 1 aromatic rings. The summed E-state index contributed by atoms with van der Waals surface area (Å²) in [6.45, 7) is 0.780. The number of hydrogen-bond acceptors (Lipinski definition) is 7. The van der Waals surface area contributed by atoms with Crippen molar-refractivity contribution in [3.63, 3.8) is 0 Å². The van der Waals surface area contributed by atoms with Crippen LogP contribution >= 0.6 is 11.8 Å². The van der Waals surface area contributed by atoms with Crippen molar-refractivity contribution in [2.45, 2.75) is 17.6 Å². The number of amides is 1. The number of hydrogen-bond donors (Lipinski definition) is 1. The molecule has 2 rings (SSSR count). The van der Waals surface area contributed by atoms with E-state index in [-0.39, 0.29) is 29.2 Å². The van der Waals surface area contributed by atoms with Crippen LogP contribution in [0, 0.1) is 0 Å². The Morgan fingerprint density at radius 2 is 2.43 bits per heavy atom. The van der Waals surface area contributed by atoms with Gasteiger partial charge < -0.3 is 9.64 Å². The number of nitrogens with zero attached hydrogens (tertiary/aromatic N) is 3. The van der Waals surface area contributed by atoms with Crippen molar-refractivity contribution in [2.24, 2.45) is 0 Å². The molecule has 1 aliphatic heterocycles. The Bertz CT molecular complexity index is 561. The van der Waals surface area contributed by atoms with Crippen LogP contribution in [0.2, 0.25) is 0 Å². The Kier molecular flexibility index (Phi) is 5.59. The number of carbonyl (C=O) groups excluding carboxylic acids is 1. The molecule has 0 saturated carbocycles. The molecule has 8 nitrogen and oxygen atoms in total. The summed E-state index contributed by atoms with van der Waals surface area (Å²) in [7, 11) is -1.47. The molecule has 10 heteroatoms. The Balaban J connectivity index is 1.96. The highest BCUT2D eigenvalue weighted by atomic mass is 32.2. The van der Waals surface area contributed by atoms with Gasteiger partial charge in [-0.05, 0) is 6.42 Å². The molecule has 1 fully saturated rings. The van der Waals surface area contributed by atoms with Gasteiger partial charge in [0.15, 0.2) is 15.0 Å². The Labute approximate surface area is 127 Å². The van der Waals surface area contributed by atoms with Gasteiger partial charge in [-0.1, -0.05) is 11.8 Å². The number of carbonyl (C=O) groups is 1. The van der Waals surface area contributed by atoms with Crippen molar-refractivity contribution in [2.75, 3.05) is 37.5 Å². The van der Waals surface area contributed by atoms with Crippen molar-refractivity contribution in [3.05, 3.63) is 6.33 Å². The van der Waals surface area contributed by atoms with Gasteiger partial charge in [-0.2, -0.15) is 5.10 Å². The molecule has 1 aromatic heterocycles. The molecule has 1 saturated heterocycles. The minimum atomic E-state index is -3.03. The summed E-state index contributed by atoms with van der Waals surface area (Å²) in [6.07, 6.45) is 1.86. The summed E-state index contributed by atoms with van der Waals surface area (Å²) < 4.78 is 28.2. The zero-order valence-corrected chi connectivity index (χ0v) is 13.3. The third-order valence-corrected chi connectivity index (χ3v) is 5.84. The molecule has 0 spiro atoms. The Morgan fingerprint density at radius 3 is 3.00 bits per heavy atom. The van der Waals surface area contributed by atoms with Gasteiger partial charge in [-0.25, -0.2) is 13.4 Å². The predicted molar refractivity (Wildman–Crippen MR) is 77.8 cm³/mol. The van der Waals surface area contributed by atoms with E-state index in [1.165, 1.54) is 18.1 Å². The van der Waals surface area contributed by atoms with Crippen molar-refractivity contribution in [3.8, 4) is 0 Å². The number of H-pyrrole nitrogens is 1. The second-order valence-corrected chi connectivity index (χ2v) is 7.91. The summed E-state index contributed by atoms with van der Waals surface area (Å²) in [6, 6.07) is -0.257. The number of nitrogens with one attached hydrogen (secondary N) is 1. The SMILES string of the molecule is COCCN(C(=O)CSc1ncn[nH]1)[C@H]1CCS(=O)(=O)C1. The summed E-state index contributed by atoms with van der Waals surface area (Å²) in [4.78, 5) is 17.9. The highest BCUT2D eigenvalue weighted by Crippen LogP contribution is 2.20. The lowest BCUT2D eigenvalue weighted by molar-refractivity contribution is -0.130. The second-order valence-electron chi connectivity index (χ2n) is 4.72. The fourth-order valence-corrected chi connectivity index (χ4v) is 4.59. The smallest absolute Gasteiger partial charge is 0.233 e. The zero-order chi connectivity index (χ0) is 15.3. The summed E-state index contributed by atoms with van der Waals surface area (Å²) in [5, 5.41) is 6.94. The van der Waals surface area contributed by atoms with E-state index in [0.717, 1.165) is 0 Å². The van der Waals surface area contributed by atoms with Crippen molar-refractivity contribution < 1.29 is 17.9 Å². The number of methoxy groups -OCH3 is 1. The van der Waals surface area contributed by atoms with Crippen LogP contribution in [0.1, 0.15) is 6.42 Å². The highest BCUT2D eigenvalue weighted by molar-refractivity contribution is 7.99. The minimum Gasteiger partial charge on any atom is -0.383 e. The molecular weight excluding hydrogens is 316 g/mol. The lowest BCUT2D eigenvalue weighted by atomic mass is 10.2. The molecule has 1 N–H and O–H groups in total. The highest BCUT2D eigenvalue weighted by Gasteiger charge is 2.34. The molecule has 0 aliphatic carbocycles. The maximum atomic E-state index is 12.3. The number of ether oxygens (including phenoxy) is 1.